The van der Waals surface area contributed by atoms with E-state index >= 15 is 0 Å². The van der Waals surface area contributed by atoms with Gasteiger partial charge in [-0.25, -0.2) is 0 Å². The average molecular weight is 358 g/mol. The summed E-state index contributed by atoms with van der Waals surface area (Å²) >= 11 is 0. The zero-order chi connectivity index (χ0) is 16.8. The van der Waals surface area contributed by atoms with Gasteiger partial charge in [-0.1, -0.05) is 12.1 Å². The fourth-order valence-corrected chi connectivity index (χ4v) is 2.05. The Balaban J connectivity index is 0.00000288. The first kappa shape index (κ1) is 19.8. The van der Waals surface area contributed by atoms with Crippen molar-refractivity contribution in [3.05, 3.63) is 59.4 Å². The average Bonchev–Trinajstić information content (AvgIpc) is 2.54. The predicted molar refractivity (Wildman–Crippen MR) is 88.3 cm³/mol. The van der Waals surface area contributed by atoms with Crippen LogP contribution in [0, 0.1) is 0 Å². The van der Waals surface area contributed by atoms with E-state index in [0.717, 1.165) is 0 Å². The van der Waals surface area contributed by atoms with E-state index in [0.29, 0.717) is 16.8 Å². The van der Waals surface area contributed by atoms with E-state index in [4.69, 9.17) is 5.73 Å². The summed E-state index contributed by atoms with van der Waals surface area (Å²) < 4.78 is 28.9. The third kappa shape index (κ3) is 5.43. The van der Waals surface area contributed by atoms with Crippen molar-refractivity contribution in [1.82, 2.24) is 10.3 Å². The number of aromatic nitrogens is 1. The zero-order valence-electron chi connectivity index (χ0n) is 12.9. The number of nitrogens with one attached hydrogen (secondary N) is 1. The summed E-state index contributed by atoms with van der Waals surface area (Å²) in [7, 11) is 0. The molecule has 0 saturated carbocycles. The molecule has 0 fully saturated rings. The third-order valence-electron chi connectivity index (χ3n) is 3.22. The van der Waals surface area contributed by atoms with Crippen molar-refractivity contribution in [2.75, 3.05) is 0 Å². The van der Waals surface area contributed by atoms with E-state index in [2.05, 4.69) is 15.0 Å². The van der Waals surface area contributed by atoms with Crippen LogP contribution in [0.1, 0.15) is 34.6 Å². The van der Waals surface area contributed by atoms with Gasteiger partial charge in [0.1, 0.15) is 5.75 Å². The van der Waals surface area contributed by atoms with Crippen LogP contribution in [-0.2, 0) is 6.54 Å². The molecular formula is C16H18ClF2N3O2. The van der Waals surface area contributed by atoms with Crippen LogP contribution < -0.4 is 15.8 Å². The van der Waals surface area contributed by atoms with Crippen LogP contribution in [0.3, 0.4) is 0 Å². The first-order valence-corrected chi connectivity index (χ1v) is 7.00. The number of benzene rings is 1. The molecule has 0 saturated heterocycles. The van der Waals surface area contributed by atoms with Gasteiger partial charge in [-0.3, -0.25) is 9.78 Å². The molecule has 0 aliphatic heterocycles. The Morgan fingerprint density at radius 1 is 1.33 bits per heavy atom. The number of halogens is 3. The van der Waals surface area contributed by atoms with Gasteiger partial charge in [0.25, 0.3) is 5.91 Å². The molecule has 0 radical (unpaired) electrons. The van der Waals surface area contributed by atoms with Crippen LogP contribution in [0.25, 0.3) is 0 Å². The molecule has 2 rings (SSSR count). The predicted octanol–water partition coefficient (Wildman–Crippen LogP) is 3.05. The van der Waals surface area contributed by atoms with E-state index < -0.39 is 6.61 Å². The number of carbonyl (C=O) groups excluding carboxylic acids is 1. The number of amides is 1. The molecular weight excluding hydrogens is 340 g/mol. The number of alkyl halides is 2. The molecule has 0 spiro atoms. The highest BCUT2D eigenvalue weighted by atomic mass is 35.5. The lowest BCUT2D eigenvalue weighted by atomic mass is 10.1. The van der Waals surface area contributed by atoms with Crippen LogP contribution in [0.5, 0.6) is 5.75 Å². The van der Waals surface area contributed by atoms with Gasteiger partial charge in [-0.2, -0.15) is 8.78 Å². The molecule has 1 amide bonds. The number of hydrogen-bond acceptors (Lipinski definition) is 4. The molecule has 1 unspecified atom stereocenters. The third-order valence-corrected chi connectivity index (χ3v) is 3.22. The molecule has 130 valence electrons. The Morgan fingerprint density at radius 3 is 2.75 bits per heavy atom. The minimum atomic E-state index is -2.89. The van der Waals surface area contributed by atoms with Gasteiger partial charge in [0.05, 0.1) is 11.7 Å². The highest BCUT2D eigenvalue weighted by Crippen LogP contribution is 2.21. The van der Waals surface area contributed by atoms with E-state index in [1.165, 1.54) is 18.3 Å². The number of nitrogens with two attached hydrogens (primary N) is 1. The fraction of sp³-hybridized carbons (Fsp3) is 0.250. The summed E-state index contributed by atoms with van der Waals surface area (Å²) in [5.74, 6) is -0.247. The lowest BCUT2D eigenvalue weighted by Gasteiger charge is -2.16. The van der Waals surface area contributed by atoms with Crippen molar-refractivity contribution in [3.63, 3.8) is 0 Å². The molecule has 1 aromatic carbocycles. The Kier molecular flexibility index (Phi) is 7.54. The number of hydrogen-bond donors (Lipinski definition) is 2. The Morgan fingerprint density at radius 2 is 2.08 bits per heavy atom. The standard InChI is InChI=1S/C16H17F2N3O2.ClH/c1-10(11-3-2-4-14(8-11)23-16(17)18)21-15(22)12-5-6-20-13(7-12)9-19;/h2-8,10,16H,9,19H2,1H3,(H,21,22);1H. The van der Waals surface area contributed by atoms with Gasteiger partial charge < -0.3 is 15.8 Å². The summed E-state index contributed by atoms with van der Waals surface area (Å²) in [5, 5.41) is 2.79. The molecule has 1 heterocycles. The van der Waals surface area contributed by atoms with Crippen molar-refractivity contribution in [1.29, 1.82) is 0 Å². The minimum absolute atomic E-state index is 0. The molecule has 24 heavy (non-hydrogen) atoms. The van der Waals surface area contributed by atoms with Crippen LogP contribution in [0.2, 0.25) is 0 Å². The lowest BCUT2D eigenvalue weighted by Crippen LogP contribution is -2.27. The van der Waals surface area contributed by atoms with Gasteiger partial charge in [0.2, 0.25) is 0 Å². The van der Waals surface area contributed by atoms with Crippen LogP contribution in [0.4, 0.5) is 8.78 Å². The molecule has 0 aliphatic carbocycles. The lowest BCUT2D eigenvalue weighted by molar-refractivity contribution is -0.0499. The monoisotopic (exact) mass is 357 g/mol. The van der Waals surface area contributed by atoms with Crippen molar-refractivity contribution in [2.24, 2.45) is 5.73 Å². The van der Waals surface area contributed by atoms with E-state index in [1.807, 2.05) is 0 Å². The number of nitrogens with zero attached hydrogens (tertiary/aromatic N) is 1. The van der Waals surface area contributed by atoms with Crippen molar-refractivity contribution < 1.29 is 18.3 Å². The van der Waals surface area contributed by atoms with E-state index in [-0.39, 0.29) is 36.7 Å². The van der Waals surface area contributed by atoms with Gasteiger partial charge in [0, 0.05) is 18.3 Å². The quantitative estimate of drug-likeness (QED) is 0.833. The summed E-state index contributed by atoms with van der Waals surface area (Å²) in [5.41, 5.74) is 7.20. The Hall–Kier alpha value is -2.25. The molecule has 0 bridgehead atoms. The molecule has 8 heteroatoms. The van der Waals surface area contributed by atoms with Crippen molar-refractivity contribution in [2.45, 2.75) is 26.1 Å². The maximum atomic E-state index is 12.2. The fourth-order valence-electron chi connectivity index (χ4n) is 2.05. The second-order valence-electron chi connectivity index (χ2n) is 4.89. The first-order valence-electron chi connectivity index (χ1n) is 7.00. The van der Waals surface area contributed by atoms with E-state index in [9.17, 15) is 13.6 Å². The number of carbonyl (C=O) groups is 1. The maximum Gasteiger partial charge on any atom is 0.387 e. The zero-order valence-corrected chi connectivity index (χ0v) is 13.7. The molecule has 5 nitrogen and oxygen atoms in total. The molecule has 1 atom stereocenters. The van der Waals surface area contributed by atoms with Gasteiger partial charge in [-0.15, -0.1) is 12.4 Å². The summed E-state index contributed by atoms with van der Waals surface area (Å²) in [6.45, 7) is -0.893. The van der Waals surface area contributed by atoms with Gasteiger partial charge >= 0.3 is 6.61 Å². The topological polar surface area (TPSA) is 77.2 Å². The summed E-state index contributed by atoms with van der Waals surface area (Å²) in [6, 6.07) is 9.03. The smallest absolute Gasteiger partial charge is 0.387 e. The van der Waals surface area contributed by atoms with Crippen molar-refractivity contribution >= 4 is 18.3 Å². The van der Waals surface area contributed by atoms with Gasteiger partial charge in [0.15, 0.2) is 0 Å². The molecule has 3 N–H and O–H groups in total. The highest BCUT2D eigenvalue weighted by Gasteiger charge is 2.13. The Labute approximate surface area is 144 Å². The largest absolute Gasteiger partial charge is 0.435 e. The second kappa shape index (κ2) is 9.14. The van der Waals surface area contributed by atoms with Crippen LogP contribution in [-0.4, -0.2) is 17.5 Å². The molecule has 0 aliphatic rings. The normalized spacial score (nSPS) is 11.5. The SMILES string of the molecule is CC(NC(=O)c1ccnc(CN)c1)c1cccc(OC(F)F)c1.Cl. The highest BCUT2D eigenvalue weighted by molar-refractivity contribution is 5.94. The van der Waals surface area contributed by atoms with E-state index in [1.54, 1.807) is 31.2 Å². The molecule has 1 aromatic heterocycles. The summed E-state index contributed by atoms with van der Waals surface area (Å²) in [4.78, 5) is 16.3. The second-order valence-corrected chi connectivity index (χ2v) is 4.89. The number of rotatable bonds is 6. The number of pyridine rings is 1. The number of ether oxygens (including phenoxy) is 1. The van der Waals surface area contributed by atoms with Gasteiger partial charge in [-0.05, 0) is 36.8 Å². The first-order chi connectivity index (χ1) is 11.0. The van der Waals surface area contributed by atoms with Crippen molar-refractivity contribution in [3.8, 4) is 5.75 Å². The van der Waals surface area contributed by atoms with Crippen LogP contribution >= 0.6 is 12.4 Å². The Bertz CT molecular complexity index is 686. The van der Waals surface area contributed by atoms with Crippen LogP contribution in [0.15, 0.2) is 42.6 Å². The molecule has 2 aromatic rings. The maximum absolute atomic E-state index is 12.2. The summed E-state index contributed by atoms with van der Waals surface area (Å²) in [6.07, 6.45) is 1.51. The minimum Gasteiger partial charge on any atom is -0.435 e.